The molecule has 10 heteroatoms. The molecule has 2 atom stereocenters. The second kappa shape index (κ2) is 13.6. The molecule has 3 aromatic carbocycles. The van der Waals surface area contributed by atoms with E-state index in [0.717, 1.165) is 10.8 Å². The minimum atomic E-state index is -1.20. The van der Waals surface area contributed by atoms with Crippen molar-refractivity contribution in [3.8, 4) is 5.75 Å². The number of alkyl carbamates (subject to hydrolysis) is 1. The molecule has 0 fully saturated rings. The molecule has 0 aliphatic rings. The first-order chi connectivity index (χ1) is 19.4. The van der Waals surface area contributed by atoms with Crippen LogP contribution >= 0.6 is 0 Å². The van der Waals surface area contributed by atoms with Crippen molar-refractivity contribution in [2.24, 2.45) is 5.73 Å². The van der Waals surface area contributed by atoms with Crippen LogP contribution in [-0.4, -0.2) is 52.0 Å². The Kier molecular flexibility index (Phi) is 10.3. The lowest BCUT2D eigenvalue weighted by Crippen LogP contribution is -2.52. The van der Waals surface area contributed by atoms with Crippen LogP contribution < -0.4 is 16.4 Å². The zero-order valence-corrected chi connectivity index (χ0v) is 23.8. The van der Waals surface area contributed by atoms with Crippen molar-refractivity contribution >= 4 is 40.3 Å². The van der Waals surface area contributed by atoms with Gasteiger partial charge < -0.3 is 31.1 Å². The van der Waals surface area contributed by atoms with Gasteiger partial charge in [-0.1, -0.05) is 49.4 Å². The van der Waals surface area contributed by atoms with Gasteiger partial charge >= 0.3 is 6.09 Å². The molecule has 41 heavy (non-hydrogen) atoms. The largest absolute Gasteiger partial charge is 0.508 e. The molecule has 4 amide bonds. The van der Waals surface area contributed by atoms with Crippen molar-refractivity contribution in [2.75, 3.05) is 11.9 Å². The van der Waals surface area contributed by atoms with E-state index in [1.54, 1.807) is 39.0 Å². The van der Waals surface area contributed by atoms with Gasteiger partial charge in [-0.25, -0.2) is 4.79 Å². The Morgan fingerprint density at radius 3 is 2.32 bits per heavy atom. The molecular formula is C31H38N4O6. The number of ether oxygens (including phenoxy) is 1. The Hall–Kier alpha value is -4.60. The summed E-state index contributed by atoms with van der Waals surface area (Å²) in [4.78, 5) is 53.5. The van der Waals surface area contributed by atoms with Crippen LogP contribution in [0.5, 0.6) is 5.75 Å². The van der Waals surface area contributed by atoms with E-state index in [4.69, 9.17) is 10.5 Å². The third-order valence-electron chi connectivity index (χ3n) is 6.18. The Morgan fingerprint density at radius 1 is 0.976 bits per heavy atom. The quantitative estimate of drug-likeness (QED) is 0.268. The van der Waals surface area contributed by atoms with Crippen LogP contribution in [0.4, 0.5) is 10.5 Å². The number of phenolic OH excluding ortho intramolecular Hbond substituents is 1. The number of fused-ring (bicyclic) bond motifs is 1. The predicted molar refractivity (Wildman–Crippen MR) is 157 cm³/mol. The Labute approximate surface area is 239 Å². The average Bonchev–Trinajstić information content (AvgIpc) is 2.89. The number of carbonyl (C=O) groups is 4. The van der Waals surface area contributed by atoms with E-state index in [1.165, 1.54) is 17.0 Å². The van der Waals surface area contributed by atoms with Gasteiger partial charge in [-0.15, -0.1) is 0 Å². The van der Waals surface area contributed by atoms with Crippen molar-refractivity contribution in [3.63, 3.8) is 0 Å². The zero-order valence-electron chi connectivity index (χ0n) is 23.8. The molecule has 2 unspecified atom stereocenters. The van der Waals surface area contributed by atoms with Gasteiger partial charge in [0.1, 0.15) is 23.4 Å². The average molecular weight is 563 g/mol. The molecule has 218 valence electrons. The number of nitrogens with zero attached hydrogens (tertiary/aromatic N) is 1. The maximum Gasteiger partial charge on any atom is 0.408 e. The highest BCUT2D eigenvalue weighted by molar-refractivity contribution is 6.00. The summed E-state index contributed by atoms with van der Waals surface area (Å²) in [6.07, 6.45) is -0.621. The minimum Gasteiger partial charge on any atom is -0.508 e. The van der Waals surface area contributed by atoms with Crippen LogP contribution in [0.25, 0.3) is 10.8 Å². The lowest BCUT2D eigenvalue weighted by Gasteiger charge is -2.34. The molecule has 0 spiro atoms. The highest BCUT2D eigenvalue weighted by atomic mass is 16.6. The van der Waals surface area contributed by atoms with Gasteiger partial charge in [-0.2, -0.15) is 0 Å². The van der Waals surface area contributed by atoms with Crippen molar-refractivity contribution in [2.45, 2.75) is 64.6 Å². The smallest absolute Gasteiger partial charge is 0.408 e. The van der Waals surface area contributed by atoms with Gasteiger partial charge in [0.05, 0.1) is 0 Å². The molecule has 0 aromatic heterocycles. The molecule has 0 radical (unpaired) electrons. The number of phenols is 1. The number of amides is 4. The number of nitrogens with two attached hydrogens (primary N) is 1. The molecule has 0 aliphatic carbocycles. The highest BCUT2D eigenvalue weighted by Gasteiger charge is 2.36. The van der Waals surface area contributed by atoms with Crippen molar-refractivity contribution in [3.05, 3.63) is 72.3 Å². The van der Waals surface area contributed by atoms with E-state index in [0.29, 0.717) is 17.7 Å². The summed E-state index contributed by atoms with van der Waals surface area (Å²) in [7, 11) is 0. The number of aromatic hydroxyl groups is 1. The van der Waals surface area contributed by atoms with Crippen molar-refractivity contribution in [1.82, 2.24) is 10.2 Å². The van der Waals surface area contributed by atoms with Crippen molar-refractivity contribution < 1.29 is 29.0 Å². The summed E-state index contributed by atoms with van der Waals surface area (Å²) >= 11 is 0. The van der Waals surface area contributed by atoms with E-state index in [-0.39, 0.29) is 25.1 Å². The third-order valence-corrected chi connectivity index (χ3v) is 6.18. The molecule has 0 aliphatic heterocycles. The van der Waals surface area contributed by atoms with Crippen LogP contribution in [0.3, 0.4) is 0 Å². The minimum absolute atomic E-state index is 0.0768. The normalized spacial score (nSPS) is 12.7. The van der Waals surface area contributed by atoms with Gasteiger partial charge in [-0.3, -0.25) is 14.4 Å². The number of hydrogen-bond donors (Lipinski definition) is 4. The van der Waals surface area contributed by atoms with Crippen LogP contribution in [0.2, 0.25) is 0 Å². The number of anilines is 1. The maximum absolute atomic E-state index is 14.0. The number of benzene rings is 3. The van der Waals surface area contributed by atoms with Crippen LogP contribution in [0, 0.1) is 0 Å². The van der Waals surface area contributed by atoms with Crippen LogP contribution in [0.1, 0.15) is 58.6 Å². The summed E-state index contributed by atoms with van der Waals surface area (Å²) in [6, 6.07) is 16.9. The summed E-state index contributed by atoms with van der Waals surface area (Å²) in [5.41, 5.74) is 5.42. The third kappa shape index (κ3) is 8.96. The monoisotopic (exact) mass is 562 g/mol. The van der Waals surface area contributed by atoms with E-state index in [2.05, 4.69) is 10.6 Å². The molecule has 3 aromatic rings. The summed E-state index contributed by atoms with van der Waals surface area (Å²) < 4.78 is 5.34. The first-order valence-electron chi connectivity index (χ1n) is 13.5. The number of nitrogens with one attached hydrogen (secondary N) is 2. The lowest BCUT2D eigenvalue weighted by atomic mass is 10.0. The second-order valence-corrected chi connectivity index (χ2v) is 10.8. The standard InChI is InChI=1S/C31H38N4O6/c1-5-17-35(29(39)25(15-16-26(32)37)34-30(40)41-31(2,3)4)27(22-11-8-12-24(36)19-22)28(38)33-23-14-13-20-9-6-7-10-21(20)18-23/h6-14,18-19,25,27,36H,5,15-17H2,1-4H3,(H2,32,37)(H,33,38)(H,34,40). The van der Waals surface area contributed by atoms with Gasteiger partial charge in [0.25, 0.3) is 5.91 Å². The zero-order chi connectivity index (χ0) is 30.2. The molecule has 10 nitrogen and oxygen atoms in total. The first kappa shape index (κ1) is 30.9. The summed E-state index contributed by atoms with van der Waals surface area (Å²) in [6.45, 7) is 7.05. The number of hydrogen-bond acceptors (Lipinski definition) is 6. The second-order valence-electron chi connectivity index (χ2n) is 10.8. The fraction of sp³-hybridized carbons (Fsp3) is 0.355. The first-order valence-corrected chi connectivity index (χ1v) is 13.5. The molecule has 0 saturated carbocycles. The van der Waals surface area contributed by atoms with E-state index >= 15 is 0 Å². The fourth-order valence-corrected chi connectivity index (χ4v) is 4.45. The van der Waals surface area contributed by atoms with Crippen LogP contribution in [-0.2, 0) is 19.1 Å². The molecule has 0 heterocycles. The fourth-order valence-electron chi connectivity index (χ4n) is 4.45. The molecule has 3 rings (SSSR count). The van der Waals surface area contributed by atoms with Crippen LogP contribution in [0.15, 0.2) is 66.7 Å². The van der Waals surface area contributed by atoms with E-state index in [1.807, 2.05) is 43.3 Å². The van der Waals surface area contributed by atoms with Gasteiger partial charge in [-0.05, 0) is 74.2 Å². The molecular weight excluding hydrogens is 524 g/mol. The number of carbonyl (C=O) groups excluding carboxylic acids is 4. The van der Waals surface area contributed by atoms with Gasteiger partial charge in [0, 0.05) is 18.7 Å². The highest BCUT2D eigenvalue weighted by Crippen LogP contribution is 2.28. The van der Waals surface area contributed by atoms with Gasteiger partial charge in [0.15, 0.2) is 0 Å². The Balaban J connectivity index is 2.00. The molecule has 0 bridgehead atoms. The topological polar surface area (TPSA) is 151 Å². The van der Waals surface area contributed by atoms with Crippen molar-refractivity contribution in [1.29, 1.82) is 0 Å². The molecule has 0 saturated heterocycles. The van der Waals surface area contributed by atoms with E-state index in [9.17, 15) is 24.3 Å². The summed E-state index contributed by atoms with van der Waals surface area (Å²) in [5, 5.41) is 17.6. The maximum atomic E-state index is 14.0. The van der Waals surface area contributed by atoms with Gasteiger partial charge in [0.2, 0.25) is 11.8 Å². The predicted octanol–water partition coefficient (Wildman–Crippen LogP) is 4.62. The SMILES string of the molecule is CCCN(C(=O)C(CCC(N)=O)NC(=O)OC(C)(C)C)C(C(=O)Nc1ccc2ccccc2c1)c1cccc(O)c1. The molecule has 5 N–H and O–H groups in total. The Bertz CT molecular complexity index is 1400. The number of primary amides is 1. The lowest BCUT2D eigenvalue weighted by molar-refractivity contribution is -0.141. The number of rotatable bonds is 11. The Morgan fingerprint density at radius 2 is 1.68 bits per heavy atom. The van der Waals surface area contributed by atoms with E-state index < -0.39 is 41.5 Å². The summed E-state index contributed by atoms with van der Waals surface area (Å²) in [5.74, 6) is -1.83.